The molecule has 1 fully saturated rings. The lowest BCUT2D eigenvalue weighted by atomic mass is 9.96. The van der Waals surface area contributed by atoms with Gasteiger partial charge in [-0.2, -0.15) is 5.10 Å². The minimum absolute atomic E-state index is 0.218. The number of benzene rings is 1. The van der Waals surface area contributed by atoms with Crippen LogP contribution in [-0.2, 0) is 4.74 Å². The van der Waals surface area contributed by atoms with Gasteiger partial charge in [0, 0.05) is 31.6 Å². The number of likely N-dealkylation sites (tertiary alicyclic amines) is 1. The van der Waals surface area contributed by atoms with E-state index >= 15 is 0 Å². The van der Waals surface area contributed by atoms with E-state index in [2.05, 4.69) is 57.5 Å². The van der Waals surface area contributed by atoms with Crippen LogP contribution < -0.4 is 4.90 Å². The highest BCUT2D eigenvalue weighted by molar-refractivity contribution is 7.98. The molecule has 0 spiro atoms. The zero-order valence-electron chi connectivity index (χ0n) is 20.0. The van der Waals surface area contributed by atoms with Crippen molar-refractivity contribution in [3.8, 4) is 5.69 Å². The molecule has 8 nitrogen and oxygen atoms in total. The molecular formula is C24H32N6O2S. The first kappa shape index (κ1) is 23.4. The van der Waals surface area contributed by atoms with Crippen molar-refractivity contribution >= 4 is 34.7 Å². The molecule has 4 rings (SSSR count). The first-order valence-electron chi connectivity index (χ1n) is 11.3. The topological polar surface area (TPSA) is 76.4 Å². The van der Waals surface area contributed by atoms with Gasteiger partial charge in [-0.1, -0.05) is 0 Å². The zero-order chi connectivity index (χ0) is 23.6. The van der Waals surface area contributed by atoms with Crippen molar-refractivity contribution in [3.05, 3.63) is 36.8 Å². The van der Waals surface area contributed by atoms with Crippen LogP contribution in [0, 0.1) is 5.92 Å². The van der Waals surface area contributed by atoms with Crippen LogP contribution in [0.2, 0.25) is 0 Å². The number of fused-ring (bicyclic) bond motifs is 1. The summed E-state index contributed by atoms with van der Waals surface area (Å²) >= 11 is 1.71. The number of ether oxygens (including phenoxy) is 1. The number of hydrogen-bond donors (Lipinski definition) is 0. The molecule has 9 heteroatoms. The Bertz CT molecular complexity index is 1100. The second kappa shape index (κ2) is 9.59. The Balaban J connectivity index is 1.43. The summed E-state index contributed by atoms with van der Waals surface area (Å²) in [5, 5.41) is 5.52. The predicted octanol–water partition coefficient (Wildman–Crippen LogP) is 4.62. The summed E-state index contributed by atoms with van der Waals surface area (Å²) < 4.78 is 7.37. The van der Waals surface area contributed by atoms with Crippen LogP contribution >= 0.6 is 11.8 Å². The number of thioether (sulfide) groups is 1. The van der Waals surface area contributed by atoms with E-state index in [0.29, 0.717) is 5.92 Å². The minimum Gasteiger partial charge on any atom is -0.444 e. The third-order valence-corrected chi connectivity index (χ3v) is 6.57. The first-order valence-corrected chi connectivity index (χ1v) is 12.5. The number of carbonyl (C=O) groups is 1. The Hall–Kier alpha value is -2.81. The van der Waals surface area contributed by atoms with Gasteiger partial charge in [0.1, 0.15) is 17.7 Å². The second-order valence-electron chi connectivity index (χ2n) is 9.48. The van der Waals surface area contributed by atoms with Crippen molar-refractivity contribution in [1.82, 2.24) is 24.6 Å². The summed E-state index contributed by atoms with van der Waals surface area (Å²) in [7, 11) is 2.06. The molecule has 1 amide bonds. The number of rotatable bonds is 5. The van der Waals surface area contributed by atoms with Gasteiger partial charge in [0.15, 0.2) is 5.65 Å². The lowest BCUT2D eigenvalue weighted by Crippen LogP contribution is -2.43. The Morgan fingerprint density at radius 1 is 1.18 bits per heavy atom. The van der Waals surface area contributed by atoms with E-state index in [0.717, 1.165) is 55.0 Å². The lowest BCUT2D eigenvalue weighted by molar-refractivity contribution is 0.0186. The highest BCUT2D eigenvalue weighted by Gasteiger charge is 2.28. The Labute approximate surface area is 199 Å². The van der Waals surface area contributed by atoms with Crippen molar-refractivity contribution in [2.24, 2.45) is 5.92 Å². The normalized spacial score (nSPS) is 15.1. The molecule has 176 valence electrons. The van der Waals surface area contributed by atoms with Crippen LogP contribution in [0.5, 0.6) is 0 Å². The van der Waals surface area contributed by atoms with E-state index in [1.807, 2.05) is 36.5 Å². The molecular weight excluding hydrogens is 436 g/mol. The SMILES string of the molecule is CSc1ccc(-n2ncc3c(N(C)CC4CCN(C(=O)OC(C)(C)C)CC4)ncnc32)cc1. The quantitative estimate of drug-likeness (QED) is 0.506. The average Bonchev–Trinajstić information content (AvgIpc) is 3.22. The molecule has 0 bridgehead atoms. The fraction of sp³-hybridized carbons (Fsp3) is 0.500. The van der Waals surface area contributed by atoms with Gasteiger partial charge in [0.2, 0.25) is 0 Å². The van der Waals surface area contributed by atoms with Gasteiger partial charge >= 0.3 is 6.09 Å². The van der Waals surface area contributed by atoms with Crippen LogP contribution in [0.15, 0.2) is 41.7 Å². The van der Waals surface area contributed by atoms with Crippen LogP contribution in [0.3, 0.4) is 0 Å². The van der Waals surface area contributed by atoms with Crippen LogP contribution in [0.4, 0.5) is 10.6 Å². The van der Waals surface area contributed by atoms with Crippen LogP contribution in [0.25, 0.3) is 16.7 Å². The third-order valence-electron chi connectivity index (χ3n) is 5.82. The number of aromatic nitrogens is 4. The molecule has 1 saturated heterocycles. The van der Waals surface area contributed by atoms with Crippen molar-refractivity contribution in [2.75, 3.05) is 37.8 Å². The van der Waals surface area contributed by atoms with E-state index in [1.54, 1.807) is 18.1 Å². The second-order valence-corrected chi connectivity index (χ2v) is 10.4. The molecule has 1 aliphatic heterocycles. The summed E-state index contributed by atoms with van der Waals surface area (Å²) in [6, 6.07) is 8.29. The number of nitrogens with zero attached hydrogens (tertiary/aromatic N) is 6. The molecule has 1 aliphatic rings. The molecule has 0 N–H and O–H groups in total. The molecule has 33 heavy (non-hydrogen) atoms. The van der Waals surface area contributed by atoms with E-state index < -0.39 is 5.60 Å². The molecule has 2 aromatic heterocycles. The molecule has 3 aromatic rings. The van der Waals surface area contributed by atoms with Gasteiger partial charge in [-0.25, -0.2) is 19.4 Å². The average molecular weight is 469 g/mol. The predicted molar refractivity (Wildman–Crippen MR) is 132 cm³/mol. The fourth-order valence-corrected chi connectivity index (χ4v) is 4.55. The van der Waals surface area contributed by atoms with Crippen LogP contribution in [0.1, 0.15) is 33.6 Å². The van der Waals surface area contributed by atoms with Crippen molar-refractivity contribution in [3.63, 3.8) is 0 Å². The number of amides is 1. The number of hydrogen-bond acceptors (Lipinski definition) is 7. The Morgan fingerprint density at radius 2 is 1.88 bits per heavy atom. The van der Waals surface area contributed by atoms with Gasteiger partial charge in [0.05, 0.1) is 17.3 Å². The Morgan fingerprint density at radius 3 is 2.52 bits per heavy atom. The number of carbonyl (C=O) groups excluding carboxylic acids is 1. The smallest absolute Gasteiger partial charge is 0.410 e. The fourth-order valence-electron chi connectivity index (χ4n) is 4.15. The van der Waals surface area contributed by atoms with E-state index in [1.165, 1.54) is 4.90 Å². The number of piperidine rings is 1. The zero-order valence-corrected chi connectivity index (χ0v) is 20.8. The Kier molecular flexibility index (Phi) is 6.78. The van der Waals surface area contributed by atoms with E-state index in [9.17, 15) is 4.79 Å². The highest BCUT2D eigenvalue weighted by atomic mass is 32.2. The summed E-state index contributed by atoms with van der Waals surface area (Å²) in [6.45, 7) is 8.00. The summed E-state index contributed by atoms with van der Waals surface area (Å²) in [4.78, 5) is 26.6. The monoisotopic (exact) mass is 468 g/mol. The van der Waals surface area contributed by atoms with Gasteiger partial charge in [0.25, 0.3) is 0 Å². The molecule has 0 aliphatic carbocycles. The minimum atomic E-state index is -0.464. The third kappa shape index (κ3) is 5.40. The van der Waals surface area contributed by atoms with Crippen molar-refractivity contribution in [2.45, 2.75) is 44.1 Å². The maximum absolute atomic E-state index is 12.3. The molecule has 0 radical (unpaired) electrons. The van der Waals surface area contributed by atoms with Crippen molar-refractivity contribution in [1.29, 1.82) is 0 Å². The first-order chi connectivity index (χ1) is 15.7. The van der Waals surface area contributed by atoms with Gasteiger partial charge in [-0.05, 0) is 70.1 Å². The van der Waals surface area contributed by atoms with Gasteiger partial charge in [-0.3, -0.25) is 0 Å². The maximum atomic E-state index is 12.3. The highest BCUT2D eigenvalue weighted by Crippen LogP contribution is 2.27. The van der Waals surface area contributed by atoms with Crippen LogP contribution in [-0.4, -0.2) is 69.3 Å². The van der Waals surface area contributed by atoms with Crippen molar-refractivity contribution < 1.29 is 9.53 Å². The van der Waals surface area contributed by atoms with Gasteiger partial charge in [-0.15, -0.1) is 11.8 Å². The largest absolute Gasteiger partial charge is 0.444 e. The van der Waals surface area contributed by atoms with Gasteiger partial charge < -0.3 is 14.5 Å². The van der Waals surface area contributed by atoms with E-state index in [4.69, 9.17) is 4.74 Å². The molecule has 1 aromatic carbocycles. The molecule has 0 unspecified atom stereocenters. The molecule has 0 saturated carbocycles. The summed E-state index contributed by atoms with van der Waals surface area (Å²) in [5.74, 6) is 1.36. The molecule has 0 atom stereocenters. The standard InChI is InChI=1S/C24H32N6O2S/c1-24(2,3)32-23(31)29-12-10-17(11-13-29)15-28(4)21-20-14-27-30(22(20)26-16-25-21)18-6-8-19(33-5)9-7-18/h6-9,14,16-17H,10-13,15H2,1-5H3. The summed E-state index contributed by atoms with van der Waals surface area (Å²) in [5.41, 5.74) is 1.31. The lowest BCUT2D eigenvalue weighted by Gasteiger charge is -2.35. The van der Waals surface area contributed by atoms with E-state index in [-0.39, 0.29) is 6.09 Å². The summed E-state index contributed by atoms with van der Waals surface area (Å²) in [6.07, 6.45) is 7.18. The maximum Gasteiger partial charge on any atom is 0.410 e. The molecule has 3 heterocycles. The number of anilines is 1.